The number of piperidine rings is 1. The molecule has 0 saturated carbocycles. The molecule has 1 aliphatic heterocycles. The second-order valence-electron chi connectivity index (χ2n) is 6.10. The van der Waals surface area contributed by atoms with Crippen molar-refractivity contribution in [2.24, 2.45) is 0 Å². The van der Waals surface area contributed by atoms with Gasteiger partial charge in [-0.25, -0.2) is 4.98 Å². The van der Waals surface area contributed by atoms with Gasteiger partial charge in [-0.15, -0.1) is 0 Å². The number of hydrogen-bond donors (Lipinski definition) is 0. The molecule has 0 unspecified atom stereocenters. The van der Waals surface area contributed by atoms with Crippen molar-refractivity contribution >= 4 is 11.5 Å². The van der Waals surface area contributed by atoms with Crippen molar-refractivity contribution in [3.8, 4) is 0 Å². The molecule has 5 heteroatoms. The first-order valence-electron chi connectivity index (χ1n) is 8.23. The highest BCUT2D eigenvalue weighted by Crippen LogP contribution is 2.31. The maximum Gasteiger partial charge on any atom is 0.325 e. The summed E-state index contributed by atoms with van der Waals surface area (Å²) in [6, 6.07) is 10.3. The summed E-state index contributed by atoms with van der Waals surface area (Å²) in [5.41, 5.74) is 3.70. The van der Waals surface area contributed by atoms with Crippen molar-refractivity contribution < 1.29 is 9.53 Å². The lowest BCUT2D eigenvalue weighted by molar-refractivity contribution is -0.141. The van der Waals surface area contributed by atoms with Crippen LogP contribution in [0.25, 0.3) is 5.57 Å². The number of imidazole rings is 1. The monoisotopic (exact) mass is 325 g/mol. The minimum absolute atomic E-state index is 0.176. The van der Waals surface area contributed by atoms with Crippen molar-refractivity contribution in [1.29, 1.82) is 0 Å². The molecule has 0 N–H and O–H groups in total. The molecule has 126 valence electrons. The predicted octanol–water partition coefficient (Wildman–Crippen LogP) is 2.58. The van der Waals surface area contributed by atoms with Crippen LogP contribution >= 0.6 is 0 Å². The molecule has 2 heterocycles. The van der Waals surface area contributed by atoms with Crippen molar-refractivity contribution in [3.05, 3.63) is 59.7 Å². The fourth-order valence-corrected chi connectivity index (χ4v) is 3.10. The number of carbonyl (C=O) groups excluding carboxylic acids is 1. The second kappa shape index (κ2) is 7.45. The van der Waals surface area contributed by atoms with Crippen LogP contribution in [0.2, 0.25) is 0 Å². The van der Waals surface area contributed by atoms with Gasteiger partial charge in [0.05, 0.1) is 7.11 Å². The molecule has 0 bridgehead atoms. The zero-order chi connectivity index (χ0) is 16.9. The number of ether oxygens (including phenoxy) is 1. The first kappa shape index (κ1) is 16.5. The van der Waals surface area contributed by atoms with E-state index in [-0.39, 0.29) is 12.5 Å². The topological polar surface area (TPSA) is 47.4 Å². The van der Waals surface area contributed by atoms with E-state index < -0.39 is 0 Å². The summed E-state index contributed by atoms with van der Waals surface area (Å²) in [5, 5.41) is 0. The van der Waals surface area contributed by atoms with Crippen LogP contribution in [0, 0.1) is 0 Å². The van der Waals surface area contributed by atoms with Crippen LogP contribution < -0.4 is 0 Å². The first-order valence-corrected chi connectivity index (χ1v) is 8.23. The van der Waals surface area contributed by atoms with E-state index in [4.69, 9.17) is 4.74 Å². The molecular formula is C19H23N3O2. The number of benzene rings is 1. The van der Waals surface area contributed by atoms with Crippen molar-refractivity contribution in [2.45, 2.75) is 19.4 Å². The number of hydrogen-bond acceptors (Lipinski definition) is 4. The van der Waals surface area contributed by atoms with Gasteiger partial charge in [0, 0.05) is 31.1 Å². The molecule has 1 aromatic heterocycles. The van der Waals surface area contributed by atoms with E-state index in [1.165, 1.54) is 12.7 Å². The molecule has 1 aliphatic rings. The molecule has 5 nitrogen and oxygen atoms in total. The zero-order valence-electron chi connectivity index (χ0n) is 14.2. The minimum atomic E-state index is -0.268. The molecule has 0 aliphatic carbocycles. The Morgan fingerprint density at radius 3 is 2.58 bits per heavy atom. The molecule has 1 aromatic carbocycles. The van der Waals surface area contributed by atoms with Crippen LogP contribution in [0.5, 0.6) is 0 Å². The molecule has 0 amide bonds. The van der Waals surface area contributed by atoms with Gasteiger partial charge in [0.25, 0.3) is 0 Å². The van der Waals surface area contributed by atoms with Crippen LogP contribution in [0.1, 0.15) is 24.2 Å². The molecule has 2 aromatic rings. The van der Waals surface area contributed by atoms with Crippen molar-refractivity contribution in [3.63, 3.8) is 0 Å². The summed E-state index contributed by atoms with van der Waals surface area (Å²) in [6.45, 7) is 2.27. The van der Waals surface area contributed by atoms with Crippen LogP contribution in [0.15, 0.2) is 48.3 Å². The number of esters is 1. The van der Waals surface area contributed by atoms with Gasteiger partial charge in [-0.1, -0.05) is 35.9 Å². The van der Waals surface area contributed by atoms with E-state index in [1.54, 1.807) is 6.20 Å². The van der Waals surface area contributed by atoms with Crippen molar-refractivity contribution in [2.75, 3.05) is 27.2 Å². The van der Waals surface area contributed by atoms with Crippen LogP contribution in [0.4, 0.5) is 0 Å². The highest BCUT2D eigenvalue weighted by atomic mass is 16.5. The second-order valence-corrected chi connectivity index (χ2v) is 6.10. The Bertz CT molecular complexity index is 724. The lowest BCUT2D eigenvalue weighted by Gasteiger charge is -2.26. The minimum Gasteiger partial charge on any atom is -0.468 e. The van der Waals surface area contributed by atoms with Crippen LogP contribution in [-0.4, -0.2) is 47.7 Å². The average molecular weight is 325 g/mol. The molecule has 0 radical (unpaired) electrons. The number of aromatic nitrogens is 2. The number of carbonyl (C=O) groups is 1. The molecule has 3 rings (SSSR count). The summed E-state index contributed by atoms with van der Waals surface area (Å²) < 4.78 is 6.69. The number of methoxy groups -OCH3 is 1. The standard InChI is InChI=1S/C19H23N3O2/c1-21-11-8-16(9-12-21)18(15-6-4-3-5-7-15)19-20-10-13-22(19)14-17(23)24-2/h3-7,10,13H,8-9,11-12,14H2,1-2H3. The highest BCUT2D eigenvalue weighted by molar-refractivity contribution is 5.80. The predicted molar refractivity (Wildman–Crippen MR) is 93.4 cm³/mol. The van der Waals surface area contributed by atoms with Gasteiger partial charge >= 0.3 is 5.97 Å². The third kappa shape index (κ3) is 3.57. The summed E-state index contributed by atoms with van der Waals surface area (Å²) in [5.74, 6) is 0.571. The fraction of sp³-hybridized carbons (Fsp3) is 0.368. The summed E-state index contributed by atoms with van der Waals surface area (Å²) in [4.78, 5) is 18.6. The smallest absolute Gasteiger partial charge is 0.325 e. The molecule has 0 atom stereocenters. The van der Waals surface area contributed by atoms with Crippen LogP contribution in [0.3, 0.4) is 0 Å². The van der Waals surface area contributed by atoms with Gasteiger partial charge in [0.1, 0.15) is 12.4 Å². The molecular weight excluding hydrogens is 302 g/mol. The number of nitrogens with zero attached hydrogens (tertiary/aromatic N) is 3. The van der Waals surface area contributed by atoms with Gasteiger partial charge in [0.2, 0.25) is 0 Å². The zero-order valence-corrected chi connectivity index (χ0v) is 14.2. The Morgan fingerprint density at radius 2 is 1.92 bits per heavy atom. The van der Waals surface area contributed by atoms with Gasteiger partial charge in [-0.3, -0.25) is 4.79 Å². The van der Waals surface area contributed by atoms with E-state index in [9.17, 15) is 4.79 Å². The third-order valence-corrected chi connectivity index (χ3v) is 4.47. The van der Waals surface area contributed by atoms with E-state index in [1.807, 2.05) is 29.0 Å². The van der Waals surface area contributed by atoms with E-state index in [0.29, 0.717) is 0 Å². The maximum atomic E-state index is 11.7. The Morgan fingerprint density at radius 1 is 1.21 bits per heavy atom. The lowest BCUT2D eigenvalue weighted by atomic mass is 9.92. The molecule has 24 heavy (non-hydrogen) atoms. The largest absolute Gasteiger partial charge is 0.468 e. The van der Waals surface area contributed by atoms with Gasteiger partial charge in [-0.2, -0.15) is 0 Å². The summed E-state index contributed by atoms with van der Waals surface area (Å²) >= 11 is 0. The van der Waals surface area contributed by atoms with Crippen molar-refractivity contribution in [1.82, 2.24) is 14.5 Å². The highest BCUT2D eigenvalue weighted by Gasteiger charge is 2.20. The Hall–Kier alpha value is -2.40. The Labute approximate surface area is 142 Å². The summed E-state index contributed by atoms with van der Waals surface area (Å²) in [7, 11) is 3.56. The van der Waals surface area contributed by atoms with E-state index >= 15 is 0 Å². The normalized spacial score (nSPS) is 15.3. The molecule has 1 saturated heterocycles. The van der Waals surface area contributed by atoms with Crippen LogP contribution in [-0.2, 0) is 16.1 Å². The third-order valence-electron chi connectivity index (χ3n) is 4.47. The molecule has 0 spiro atoms. The Kier molecular flexibility index (Phi) is 5.11. The fourth-order valence-electron chi connectivity index (χ4n) is 3.10. The Balaban J connectivity index is 2.05. The van der Waals surface area contributed by atoms with Gasteiger partial charge in [-0.05, 0) is 25.5 Å². The first-order chi connectivity index (χ1) is 11.7. The number of rotatable bonds is 4. The van der Waals surface area contributed by atoms with E-state index in [2.05, 4.69) is 29.1 Å². The van der Waals surface area contributed by atoms with Gasteiger partial charge < -0.3 is 14.2 Å². The van der Waals surface area contributed by atoms with E-state index in [0.717, 1.165) is 42.9 Å². The van der Waals surface area contributed by atoms with Gasteiger partial charge in [0.15, 0.2) is 0 Å². The maximum absolute atomic E-state index is 11.7. The SMILES string of the molecule is COC(=O)Cn1ccnc1C(=C1CCN(C)CC1)c1ccccc1. The number of likely N-dealkylation sites (tertiary alicyclic amines) is 1. The quantitative estimate of drug-likeness (QED) is 0.811. The average Bonchev–Trinajstić information content (AvgIpc) is 3.05. The lowest BCUT2D eigenvalue weighted by Crippen LogP contribution is -2.27. The summed E-state index contributed by atoms with van der Waals surface area (Å²) in [6.07, 6.45) is 5.62. The molecule has 1 fully saturated rings.